The molecule has 0 amide bonds. The summed E-state index contributed by atoms with van der Waals surface area (Å²) in [5, 5.41) is 8.62. The van der Waals surface area contributed by atoms with Crippen LogP contribution in [0.15, 0.2) is 30.3 Å². The number of hydrogen-bond donors (Lipinski definition) is 1. The van der Waals surface area contributed by atoms with Crippen LogP contribution in [0.3, 0.4) is 0 Å². The lowest BCUT2D eigenvalue weighted by molar-refractivity contribution is -0.167. The SMILES string of the molecule is CCCCCCCC(=O)OCC(COC(=O)CCC(=O)O)OC(=O)CCCCCCC.CCCCCCCC(=O)OCC(COC(=O)CCC(=O)OCc1ccccc1)OC(=O)CCCCCCC. The van der Waals surface area contributed by atoms with E-state index in [9.17, 15) is 38.4 Å². The summed E-state index contributed by atoms with van der Waals surface area (Å²) in [5.74, 6) is -4.53. The van der Waals surface area contributed by atoms with Crippen molar-refractivity contribution in [1.82, 2.24) is 0 Å². The van der Waals surface area contributed by atoms with Crippen LogP contribution in [0.25, 0.3) is 0 Å². The van der Waals surface area contributed by atoms with Gasteiger partial charge in [-0.05, 0) is 31.2 Å². The molecule has 0 bridgehead atoms. The summed E-state index contributed by atoms with van der Waals surface area (Å²) in [6.45, 7) is 7.73. The average Bonchev–Trinajstić information content (AvgIpc) is 3.33. The number of carboxylic acids is 1. The van der Waals surface area contributed by atoms with Crippen molar-refractivity contribution in [2.24, 2.45) is 0 Å². The van der Waals surface area contributed by atoms with Crippen LogP contribution >= 0.6 is 0 Å². The third kappa shape index (κ3) is 42.8. The fourth-order valence-electron chi connectivity index (χ4n) is 6.47. The van der Waals surface area contributed by atoms with E-state index >= 15 is 0 Å². The van der Waals surface area contributed by atoms with E-state index in [-0.39, 0.29) is 83.5 Å². The van der Waals surface area contributed by atoms with Gasteiger partial charge in [-0.2, -0.15) is 0 Å². The van der Waals surface area contributed by atoms with Crippen LogP contribution in [0, 0.1) is 0 Å². The molecule has 1 N–H and O–H groups in total. The molecule has 0 saturated heterocycles. The van der Waals surface area contributed by atoms with Crippen molar-refractivity contribution >= 4 is 47.8 Å². The van der Waals surface area contributed by atoms with Gasteiger partial charge < -0.3 is 38.3 Å². The summed E-state index contributed by atoms with van der Waals surface area (Å²) in [6.07, 6.45) is 18.4. The van der Waals surface area contributed by atoms with Gasteiger partial charge in [0.1, 0.15) is 33.0 Å². The fraction of sp³-hybridized carbons (Fsp3) is 0.736. The normalized spacial score (nSPS) is 11.5. The first-order valence-corrected chi connectivity index (χ1v) is 25.8. The van der Waals surface area contributed by atoms with E-state index < -0.39 is 48.0 Å². The van der Waals surface area contributed by atoms with Crippen LogP contribution in [0.4, 0.5) is 0 Å². The summed E-state index contributed by atoms with van der Waals surface area (Å²) < 4.78 is 36.6. The molecule has 1 aromatic rings. The van der Waals surface area contributed by atoms with Crippen LogP contribution in [0.1, 0.15) is 213 Å². The first-order valence-electron chi connectivity index (χ1n) is 25.8. The summed E-state index contributed by atoms with van der Waals surface area (Å²) in [4.78, 5) is 94.7. The molecule has 69 heavy (non-hydrogen) atoms. The van der Waals surface area contributed by atoms with E-state index in [4.69, 9.17) is 38.3 Å². The molecule has 0 aliphatic rings. The van der Waals surface area contributed by atoms with Gasteiger partial charge in [-0.25, -0.2) is 0 Å². The Morgan fingerprint density at radius 1 is 0.362 bits per heavy atom. The lowest BCUT2D eigenvalue weighted by atomic mass is 10.1. The maximum atomic E-state index is 12.3. The van der Waals surface area contributed by atoms with Crippen LogP contribution in [-0.2, 0) is 78.1 Å². The molecule has 16 nitrogen and oxygen atoms in total. The monoisotopic (exact) mass is 979 g/mol. The van der Waals surface area contributed by atoms with E-state index in [0.29, 0.717) is 25.7 Å². The van der Waals surface area contributed by atoms with Crippen LogP contribution in [0.2, 0.25) is 0 Å². The van der Waals surface area contributed by atoms with Crippen LogP contribution in [0.5, 0.6) is 0 Å². The molecule has 0 heterocycles. The predicted octanol–water partition coefficient (Wildman–Crippen LogP) is 10.8. The Labute approximate surface area is 411 Å². The molecule has 394 valence electrons. The van der Waals surface area contributed by atoms with Gasteiger partial charge in [0.05, 0.1) is 25.7 Å². The number of carbonyl (C=O) groups is 8. The van der Waals surface area contributed by atoms with E-state index in [1.165, 1.54) is 0 Å². The quantitative estimate of drug-likeness (QED) is 0.0365. The zero-order valence-corrected chi connectivity index (χ0v) is 42.4. The number of esters is 7. The zero-order valence-electron chi connectivity index (χ0n) is 42.4. The molecule has 1 rings (SSSR count). The number of aliphatic carboxylic acids is 1. The molecule has 0 aliphatic heterocycles. The fourth-order valence-corrected chi connectivity index (χ4v) is 6.47. The smallest absolute Gasteiger partial charge is 0.306 e. The predicted molar refractivity (Wildman–Crippen MR) is 259 cm³/mol. The van der Waals surface area contributed by atoms with Crippen molar-refractivity contribution < 1.29 is 76.6 Å². The van der Waals surface area contributed by atoms with E-state index in [2.05, 4.69) is 27.7 Å². The second-order valence-electron chi connectivity index (χ2n) is 17.2. The third-order valence-corrected chi connectivity index (χ3v) is 10.6. The van der Waals surface area contributed by atoms with E-state index in [1.54, 1.807) is 0 Å². The first-order chi connectivity index (χ1) is 33.3. The molecule has 0 radical (unpaired) electrons. The van der Waals surface area contributed by atoms with Crippen LogP contribution < -0.4 is 0 Å². The maximum Gasteiger partial charge on any atom is 0.306 e. The number of unbranched alkanes of at least 4 members (excludes halogenated alkanes) is 16. The first kappa shape index (κ1) is 64.0. The Bertz CT molecular complexity index is 1530. The molecular formula is C53H86O16. The van der Waals surface area contributed by atoms with Gasteiger partial charge in [0.25, 0.3) is 0 Å². The molecule has 2 unspecified atom stereocenters. The topological polar surface area (TPSA) is 221 Å². The Hall–Kier alpha value is -5.02. The van der Waals surface area contributed by atoms with Crippen molar-refractivity contribution in [3.8, 4) is 0 Å². The molecular weight excluding hydrogens is 893 g/mol. The molecule has 16 heteroatoms. The molecule has 2 atom stereocenters. The van der Waals surface area contributed by atoms with Gasteiger partial charge in [0.2, 0.25) is 0 Å². The van der Waals surface area contributed by atoms with E-state index in [0.717, 1.165) is 121 Å². The number of ether oxygens (including phenoxy) is 7. The number of rotatable bonds is 42. The highest BCUT2D eigenvalue weighted by molar-refractivity contribution is 5.78. The minimum Gasteiger partial charge on any atom is -0.481 e. The molecule has 0 aromatic heterocycles. The Kier molecular flexibility index (Phi) is 42.1. The Morgan fingerprint density at radius 3 is 0.986 bits per heavy atom. The number of carboxylic acid groups (broad SMARTS) is 1. The van der Waals surface area contributed by atoms with Crippen molar-refractivity contribution in [2.45, 2.75) is 226 Å². The average molecular weight is 979 g/mol. The largest absolute Gasteiger partial charge is 0.481 e. The van der Waals surface area contributed by atoms with Gasteiger partial charge in [-0.1, -0.05) is 161 Å². The molecule has 0 aliphatic carbocycles. The van der Waals surface area contributed by atoms with Gasteiger partial charge in [-0.3, -0.25) is 38.4 Å². The summed E-state index contributed by atoms with van der Waals surface area (Å²) in [7, 11) is 0. The number of carbonyl (C=O) groups excluding carboxylic acids is 7. The highest BCUT2D eigenvalue weighted by atomic mass is 16.6. The van der Waals surface area contributed by atoms with Crippen molar-refractivity contribution in [3.63, 3.8) is 0 Å². The lowest BCUT2D eigenvalue weighted by Crippen LogP contribution is -2.31. The molecule has 0 saturated carbocycles. The maximum absolute atomic E-state index is 12.3. The van der Waals surface area contributed by atoms with Gasteiger partial charge in [0, 0.05) is 25.7 Å². The second-order valence-corrected chi connectivity index (χ2v) is 17.2. The van der Waals surface area contributed by atoms with Gasteiger partial charge in [0.15, 0.2) is 12.2 Å². The lowest BCUT2D eigenvalue weighted by Gasteiger charge is -2.18. The molecule has 0 fully saturated rings. The minimum absolute atomic E-state index is 0.124. The van der Waals surface area contributed by atoms with Crippen molar-refractivity contribution in [1.29, 1.82) is 0 Å². The molecule has 0 spiro atoms. The molecule has 1 aromatic carbocycles. The summed E-state index contributed by atoms with van der Waals surface area (Å²) in [5.41, 5.74) is 0.856. The number of hydrogen-bond acceptors (Lipinski definition) is 15. The second kappa shape index (κ2) is 45.4. The van der Waals surface area contributed by atoms with Gasteiger partial charge in [-0.15, -0.1) is 0 Å². The van der Waals surface area contributed by atoms with Crippen LogP contribution in [-0.4, -0.2) is 91.5 Å². The highest BCUT2D eigenvalue weighted by Gasteiger charge is 2.22. The highest BCUT2D eigenvalue weighted by Crippen LogP contribution is 2.12. The third-order valence-electron chi connectivity index (χ3n) is 10.6. The number of benzene rings is 1. The van der Waals surface area contributed by atoms with Gasteiger partial charge >= 0.3 is 47.8 Å². The van der Waals surface area contributed by atoms with Crippen molar-refractivity contribution in [3.05, 3.63) is 35.9 Å². The zero-order chi connectivity index (χ0) is 51.2. The Balaban J connectivity index is 0.00000137. The van der Waals surface area contributed by atoms with E-state index in [1.807, 2.05) is 30.3 Å². The summed E-state index contributed by atoms with van der Waals surface area (Å²) >= 11 is 0. The Morgan fingerprint density at radius 2 is 0.652 bits per heavy atom. The summed E-state index contributed by atoms with van der Waals surface area (Å²) in [6, 6.07) is 9.25. The standard InChI is InChI=1S/C30H46O8.C23H40O8/c1-3-5-7-9-14-18-27(31)36-23-26(38-30(34)19-15-10-8-6-4-2)24-37-29(33)21-20-28(32)35-22-25-16-12-11-13-17-25;1-3-5-7-9-11-13-21(26)29-17-19(18-30-22(27)16-15-20(24)25)31-23(28)14-12-10-8-6-4-2/h11-13,16-17,26H,3-10,14-15,18-24H2,1-2H3;19H,3-18H2,1-2H3,(H,24,25). The minimum atomic E-state index is -1.10. The van der Waals surface area contributed by atoms with Crippen molar-refractivity contribution in [2.75, 3.05) is 26.4 Å².